The third-order valence-electron chi connectivity index (χ3n) is 4.28. The fraction of sp³-hybridized carbons (Fsp3) is 0.286. The monoisotopic (exact) mass is 380 g/mol. The first-order valence-electron chi connectivity index (χ1n) is 8.94. The molecule has 7 nitrogen and oxygen atoms in total. The lowest BCUT2D eigenvalue weighted by atomic mass is 10.1. The number of carbonyl (C=O) groups is 2. The highest BCUT2D eigenvalue weighted by Crippen LogP contribution is 2.31. The van der Waals surface area contributed by atoms with E-state index in [0.717, 1.165) is 0 Å². The zero-order valence-corrected chi connectivity index (χ0v) is 15.5. The average Bonchev–Trinajstić information content (AvgIpc) is 2.75. The van der Waals surface area contributed by atoms with Gasteiger partial charge in [-0.25, -0.2) is 4.79 Å². The highest BCUT2D eigenvalue weighted by atomic mass is 16.6. The van der Waals surface area contributed by atoms with Gasteiger partial charge in [0.25, 0.3) is 5.91 Å². The molecule has 2 aromatic carbocycles. The maximum atomic E-state index is 12.5. The summed E-state index contributed by atoms with van der Waals surface area (Å²) in [6, 6.07) is 15.5. The Morgan fingerprint density at radius 2 is 2.00 bits per heavy atom. The number of benzene rings is 2. The van der Waals surface area contributed by atoms with E-state index in [0.29, 0.717) is 36.8 Å². The number of ether oxygens (including phenoxy) is 3. The van der Waals surface area contributed by atoms with Crippen LogP contribution in [0.5, 0.6) is 11.5 Å². The van der Waals surface area contributed by atoms with Gasteiger partial charge in [-0.3, -0.25) is 4.79 Å². The van der Waals surface area contributed by atoms with E-state index >= 15 is 0 Å². The van der Waals surface area contributed by atoms with Crippen molar-refractivity contribution in [1.29, 1.82) is 5.26 Å². The lowest BCUT2D eigenvalue weighted by molar-refractivity contribution is -0.135. The zero-order chi connectivity index (χ0) is 19.9. The SMILES string of the molecule is CCN(CC1COc2ccccc2O1)C(=O)COC(=O)c1cccc(C#N)c1. The number of hydrogen-bond acceptors (Lipinski definition) is 6. The predicted octanol–water partition coefficient (Wildman–Crippen LogP) is 2.40. The molecule has 1 atom stereocenters. The second-order valence-electron chi connectivity index (χ2n) is 6.20. The van der Waals surface area contributed by atoms with Crippen LogP contribution in [0.4, 0.5) is 0 Å². The fourth-order valence-corrected chi connectivity index (χ4v) is 2.82. The lowest BCUT2D eigenvalue weighted by Gasteiger charge is -2.30. The van der Waals surface area contributed by atoms with Gasteiger partial charge in [-0.15, -0.1) is 0 Å². The van der Waals surface area contributed by atoms with Gasteiger partial charge in [-0.1, -0.05) is 18.2 Å². The largest absolute Gasteiger partial charge is 0.486 e. The molecule has 0 N–H and O–H groups in total. The summed E-state index contributed by atoms with van der Waals surface area (Å²) in [5.41, 5.74) is 0.584. The predicted molar refractivity (Wildman–Crippen MR) is 100 cm³/mol. The Kier molecular flexibility index (Phi) is 6.12. The summed E-state index contributed by atoms with van der Waals surface area (Å²) in [6.45, 7) is 2.57. The first kappa shape index (κ1) is 19.2. The molecular formula is C21H20N2O5. The van der Waals surface area contributed by atoms with E-state index in [-0.39, 0.29) is 24.2 Å². The summed E-state index contributed by atoms with van der Waals surface area (Å²) in [7, 11) is 0. The maximum absolute atomic E-state index is 12.5. The molecule has 1 amide bonds. The van der Waals surface area contributed by atoms with Crippen LogP contribution in [-0.2, 0) is 9.53 Å². The molecule has 28 heavy (non-hydrogen) atoms. The molecule has 1 unspecified atom stereocenters. The van der Waals surface area contributed by atoms with Crippen LogP contribution in [0.15, 0.2) is 48.5 Å². The second kappa shape index (κ2) is 8.91. The van der Waals surface area contributed by atoms with Crippen LogP contribution < -0.4 is 9.47 Å². The standard InChI is InChI=1S/C21H20N2O5/c1-2-23(12-17-13-26-18-8-3-4-9-19(18)28-17)20(24)14-27-21(25)16-7-5-6-15(10-16)11-22/h3-10,17H,2,12-14H2,1H3. The van der Waals surface area contributed by atoms with E-state index in [2.05, 4.69) is 0 Å². The fourth-order valence-electron chi connectivity index (χ4n) is 2.82. The van der Waals surface area contributed by atoms with Gasteiger partial charge in [0.1, 0.15) is 6.61 Å². The molecule has 1 heterocycles. The molecule has 0 aliphatic carbocycles. The summed E-state index contributed by atoms with van der Waals surface area (Å²) in [4.78, 5) is 26.1. The van der Waals surface area contributed by atoms with Gasteiger partial charge < -0.3 is 19.1 Å². The van der Waals surface area contributed by atoms with Crippen LogP contribution in [0.2, 0.25) is 0 Å². The van der Waals surface area contributed by atoms with Crippen LogP contribution in [0, 0.1) is 11.3 Å². The number of nitriles is 1. The van der Waals surface area contributed by atoms with Gasteiger partial charge in [0.2, 0.25) is 0 Å². The summed E-state index contributed by atoms with van der Waals surface area (Å²) in [5.74, 6) is 0.357. The van der Waals surface area contributed by atoms with E-state index in [1.807, 2.05) is 37.3 Å². The smallest absolute Gasteiger partial charge is 0.338 e. The molecule has 2 aromatic rings. The molecule has 7 heteroatoms. The van der Waals surface area contributed by atoms with E-state index < -0.39 is 5.97 Å². The minimum Gasteiger partial charge on any atom is -0.486 e. The molecule has 0 saturated heterocycles. The minimum atomic E-state index is -0.646. The number of likely N-dealkylation sites (N-methyl/N-ethyl adjacent to an activating group) is 1. The molecule has 1 aliphatic heterocycles. The normalized spacial score (nSPS) is 14.6. The van der Waals surface area contributed by atoms with Gasteiger partial charge in [-0.05, 0) is 37.3 Å². The number of hydrogen-bond donors (Lipinski definition) is 0. The number of esters is 1. The van der Waals surface area contributed by atoms with Gasteiger partial charge in [0.05, 0.1) is 23.7 Å². The molecule has 1 aliphatic rings. The van der Waals surface area contributed by atoms with Gasteiger partial charge >= 0.3 is 5.97 Å². The molecule has 144 valence electrons. The molecule has 0 aromatic heterocycles. The highest BCUT2D eigenvalue weighted by molar-refractivity contribution is 5.91. The van der Waals surface area contributed by atoms with E-state index in [4.69, 9.17) is 19.5 Å². The third-order valence-corrected chi connectivity index (χ3v) is 4.28. The quantitative estimate of drug-likeness (QED) is 0.715. The lowest BCUT2D eigenvalue weighted by Crippen LogP contribution is -2.45. The van der Waals surface area contributed by atoms with Crippen molar-refractivity contribution in [3.8, 4) is 17.6 Å². The Morgan fingerprint density at radius 3 is 2.75 bits per heavy atom. The molecule has 3 rings (SSSR count). The van der Waals surface area contributed by atoms with Crippen LogP contribution >= 0.6 is 0 Å². The Bertz CT molecular complexity index is 906. The number of fused-ring (bicyclic) bond motifs is 1. The number of amides is 1. The van der Waals surface area contributed by atoms with Gasteiger partial charge in [0, 0.05) is 6.54 Å². The van der Waals surface area contributed by atoms with Crippen molar-refractivity contribution < 1.29 is 23.8 Å². The first-order valence-corrected chi connectivity index (χ1v) is 8.94. The number of carbonyl (C=O) groups excluding carboxylic acids is 2. The van der Waals surface area contributed by atoms with Crippen LogP contribution in [-0.4, -0.2) is 49.2 Å². The summed E-state index contributed by atoms with van der Waals surface area (Å²) < 4.78 is 16.6. The number of para-hydroxylation sites is 2. The zero-order valence-electron chi connectivity index (χ0n) is 15.5. The second-order valence-corrected chi connectivity index (χ2v) is 6.20. The molecule has 0 saturated carbocycles. The van der Waals surface area contributed by atoms with Crippen LogP contribution in [0.3, 0.4) is 0 Å². The van der Waals surface area contributed by atoms with Gasteiger partial charge in [-0.2, -0.15) is 5.26 Å². The Balaban J connectivity index is 1.54. The highest BCUT2D eigenvalue weighted by Gasteiger charge is 2.25. The number of nitrogens with zero attached hydrogens (tertiary/aromatic N) is 2. The molecule has 0 fully saturated rings. The van der Waals surface area contributed by atoms with Crippen LogP contribution in [0.1, 0.15) is 22.8 Å². The van der Waals surface area contributed by atoms with E-state index in [1.165, 1.54) is 12.1 Å². The van der Waals surface area contributed by atoms with E-state index in [1.54, 1.807) is 17.0 Å². The van der Waals surface area contributed by atoms with E-state index in [9.17, 15) is 9.59 Å². The van der Waals surface area contributed by atoms with Crippen molar-refractivity contribution in [1.82, 2.24) is 4.90 Å². The van der Waals surface area contributed by atoms with Crippen LogP contribution in [0.25, 0.3) is 0 Å². The summed E-state index contributed by atoms with van der Waals surface area (Å²) >= 11 is 0. The van der Waals surface area contributed by atoms with Crippen molar-refractivity contribution in [3.63, 3.8) is 0 Å². The molecule has 0 spiro atoms. The molecule has 0 radical (unpaired) electrons. The average molecular weight is 380 g/mol. The third kappa shape index (κ3) is 4.60. The van der Waals surface area contributed by atoms with Crippen molar-refractivity contribution in [2.24, 2.45) is 0 Å². The minimum absolute atomic E-state index is 0.232. The van der Waals surface area contributed by atoms with Crippen molar-refractivity contribution >= 4 is 11.9 Å². The summed E-state index contributed by atoms with van der Waals surface area (Å²) in [5, 5.41) is 8.90. The van der Waals surface area contributed by atoms with Gasteiger partial charge in [0.15, 0.2) is 24.2 Å². The maximum Gasteiger partial charge on any atom is 0.338 e. The topological polar surface area (TPSA) is 88.9 Å². The summed E-state index contributed by atoms with van der Waals surface area (Å²) in [6.07, 6.45) is -0.304. The van der Waals surface area contributed by atoms with Crippen molar-refractivity contribution in [2.75, 3.05) is 26.3 Å². The van der Waals surface area contributed by atoms with Crippen molar-refractivity contribution in [2.45, 2.75) is 13.0 Å². The first-order chi connectivity index (χ1) is 13.6. The Morgan fingerprint density at radius 1 is 1.21 bits per heavy atom. The Labute approximate surface area is 163 Å². The molecular weight excluding hydrogens is 360 g/mol. The Hall–Kier alpha value is -3.53. The molecule has 0 bridgehead atoms. The van der Waals surface area contributed by atoms with Crippen molar-refractivity contribution in [3.05, 3.63) is 59.7 Å². The number of rotatable bonds is 6.